The van der Waals surface area contributed by atoms with Crippen LogP contribution in [-0.4, -0.2) is 21.8 Å². The number of fused-ring (bicyclic) bond motifs is 2. The Hall–Kier alpha value is -2.15. The van der Waals surface area contributed by atoms with Crippen molar-refractivity contribution in [2.75, 3.05) is 12.4 Å². The van der Waals surface area contributed by atoms with Gasteiger partial charge in [-0.05, 0) is 41.4 Å². The number of rotatable bonds is 1. The standard InChI is InChI=1S/C14H12BrN5O/c1-7-4-5-9(21-3)11-10(7)18-14-12(15)17-8(2)13-16-6-19(11)20(13)14/h4-6H,1-3H3/p+1. The van der Waals surface area contributed by atoms with Gasteiger partial charge in [0.1, 0.15) is 17.1 Å². The molecule has 106 valence electrons. The molecule has 0 amide bonds. The number of ether oxygens (including phenoxy) is 1. The largest absolute Gasteiger partial charge is 0.494 e. The molecule has 3 aromatic rings. The van der Waals surface area contributed by atoms with Gasteiger partial charge < -0.3 is 4.74 Å². The van der Waals surface area contributed by atoms with Gasteiger partial charge >= 0.3 is 5.65 Å². The summed E-state index contributed by atoms with van der Waals surface area (Å²) in [5.41, 5.74) is 4.76. The molecule has 4 rings (SSSR count). The van der Waals surface area contributed by atoms with Crippen LogP contribution in [0.25, 0.3) is 11.3 Å². The first-order chi connectivity index (χ1) is 10.1. The van der Waals surface area contributed by atoms with Crippen LogP contribution in [0.1, 0.15) is 11.3 Å². The van der Waals surface area contributed by atoms with Gasteiger partial charge in [0.2, 0.25) is 6.33 Å². The summed E-state index contributed by atoms with van der Waals surface area (Å²) in [7, 11) is 1.67. The van der Waals surface area contributed by atoms with Crippen LogP contribution < -0.4 is 14.6 Å². The lowest BCUT2D eigenvalue weighted by molar-refractivity contribution is -0.586. The Morgan fingerprint density at radius 3 is 2.90 bits per heavy atom. The summed E-state index contributed by atoms with van der Waals surface area (Å²) >= 11 is 3.53. The quantitative estimate of drug-likeness (QED) is 0.538. The highest BCUT2D eigenvalue weighted by Crippen LogP contribution is 2.38. The van der Waals surface area contributed by atoms with Gasteiger partial charge in [0.05, 0.1) is 7.11 Å². The molecule has 1 aromatic carbocycles. The molecule has 0 atom stereocenters. The van der Waals surface area contributed by atoms with Crippen LogP contribution >= 0.6 is 15.9 Å². The summed E-state index contributed by atoms with van der Waals surface area (Å²) in [5, 5.41) is 3.44. The zero-order valence-electron chi connectivity index (χ0n) is 11.8. The van der Waals surface area contributed by atoms with Gasteiger partial charge in [-0.25, -0.2) is 4.98 Å². The molecule has 0 bridgehead atoms. The summed E-state index contributed by atoms with van der Waals surface area (Å²) in [4.78, 5) is 8.97. The molecule has 6 nitrogen and oxygen atoms in total. The van der Waals surface area contributed by atoms with Gasteiger partial charge in [0.15, 0.2) is 10.3 Å². The predicted octanol–water partition coefficient (Wildman–Crippen LogP) is 2.45. The number of nitrogens with one attached hydrogen (secondary N) is 1. The topological polar surface area (TPSA) is 56.1 Å². The van der Waals surface area contributed by atoms with E-state index in [-0.39, 0.29) is 0 Å². The summed E-state index contributed by atoms with van der Waals surface area (Å²) in [6.45, 7) is 4.00. The first-order valence-electron chi connectivity index (χ1n) is 6.52. The summed E-state index contributed by atoms with van der Waals surface area (Å²) in [6.07, 6.45) is 1.79. The van der Waals surface area contributed by atoms with Crippen molar-refractivity contribution in [3.8, 4) is 11.4 Å². The van der Waals surface area contributed by atoms with Crippen LogP contribution in [-0.2, 0) is 0 Å². The number of aryl methyl sites for hydroxylation is 2. The number of methoxy groups -OCH3 is 1. The van der Waals surface area contributed by atoms with Gasteiger partial charge in [-0.2, -0.15) is 4.68 Å². The third-order valence-electron chi connectivity index (χ3n) is 3.74. The van der Waals surface area contributed by atoms with Gasteiger partial charge in [-0.15, -0.1) is 4.52 Å². The molecule has 7 heteroatoms. The minimum Gasteiger partial charge on any atom is -0.494 e. The minimum atomic E-state index is 0.757. The molecular weight excluding hydrogens is 334 g/mol. The fourth-order valence-corrected chi connectivity index (χ4v) is 3.25. The summed E-state index contributed by atoms with van der Waals surface area (Å²) < 4.78 is 10.3. The molecule has 0 radical (unpaired) electrons. The first-order valence-corrected chi connectivity index (χ1v) is 7.31. The van der Waals surface area contributed by atoms with E-state index in [4.69, 9.17) is 4.74 Å². The monoisotopic (exact) mass is 346 g/mol. The van der Waals surface area contributed by atoms with Crippen LogP contribution in [0.15, 0.2) is 23.1 Å². The number of nitrogens with zero attached hydrogens (tertiary/aromatic N) is 4. The Labute approximate surface area is 129 Å². The van der Waals surface area contributed by atoms with Crippen molar-refractivity contribution < 1.29 is 9.25 Å². The van der Waals surface area contributed by atoms with Crippen molar-refractivity contribution >= 4 is 33.1 Å². The molecular formula is C14H13BrN5O+. The Balaban J connectivity index is 2.19. The predicted molar refractivity (Wildman–Crippen MR) is 81.5 cm³/mol. The molecule has 2 aromatic heterocycles. The molecule has 0 fully saturated rings. The molecule has 0 saturated carbocycles. The van der Waals surface area contributed by atoms with Crippen molar-refractivity contribution in [1.29, 1.82) is 0 Å². The number of benzene rings is 1. The Morgan fingerprint density at radius 1 is 1.33 bits per heavy atom. The SMILES string of the molecule is COc1ccc(C)c2c1-n1cnc3c(C)nc(Br)c([n+]31)N2. The van der Waals surface area contributed by atoms with Gasteiger partial charge in [-0.1, -0.05) is 11.1 Å². The second-order valence-corrected chi connectivity index (χ2v) is 5.75. The first kappa shape index (κ1) is 12.6. The summed E-state index contributed by atoms with van der Waals surface area (Å²) in [6, 6.07) is 4.00. The zero-order chi connectivity index (χ0) is 14.7. The van der Waals surface area contributed by atoms with E-state index in [2.05, 4.69) is 38.1 Å². The molecule has 1 N–H and O–H groups in total. The molecule has 0 unspecified atom stereocenters. The molecule has 0 aliphatic carbocycles. The number of anilines is 2. The average molecular weight is 347 g/mol. The molecule has 3 heterocycles. The second-order valence-electron chi connectivity index (χ2n) is 4.99. The fraction of sp³-hybridized carbons (Fsp3) is 0.214. The summed E-state index contributed by atoms with van der Waals surface area (Å²) in [5.74, 6) is 1.66. The second kappa shape index (κ2) is 4.17. The normalized spacial score (nSPS) is 12.2. The van der Waals surface area contributed by atoms with Crippen molar-refractivity contribution in [2.24, 2.45) is 0 Å². The van der Waals surface area contributed by atoms with Crippen LogP contribution in [0.5, 0.6) is 5.75 Å². The van der Waals surface area contributed by atoms with Gasteiger partial charge in [0, 0.05) is 0 Å². The van der Waals surface area contributed by atoms with Crippen LogP contribution in [0.3, 0.4) is 0 Å². The Morgan fingerprint density at radius 2 is 2.14 bits per heavy atom. The van der Waals surface area contributed by atoms with E-state index in [1.165, 1.54) is 0 Å². The maximum Gasteiger partial charge on any atom is 0.308 e. The van der Waals surface area contributed by atoms with Crippen molar-refractivity contribution in [2.45, 2.75) is 13.8 Å². The molecule has 0 spiro atoms. The van der Waals surface area contributed by atoms with Gasteiger partial charge in [-0.3, -0.25) is 5.32 Å². The van der Waals surface area contributed by atoms with Crippen LogP contribution in [0.2, 0.25) is 0 Å². The minimum absolute atomic E-state index is 0.757. The maximum absolute atomic E-state index is 5.51. The van der Waals surface area contributed by atoms with E-state index in [0.29, 0.717) is 0 Å². The van der Waals surface area contributed by atoms with E-state index in [9.17, 15) is 0 Å². The average Bonchev–Trinajstić information content (AvgIpc) is 2.91. The smallest absolute Gasteiger partial charge is 0.308 e. The molecule has 0 saturated heterocycles. The lowest BCUT2D eigenvalue weighted by Crippen LogP contribution is -2.39. The van der Waals surface area contributed by atoms with E-state index in [0.717, 1.165) is 44.4 Å². The fourth-order valence-electron chi connectivity index (χ4n) is 2.72. The van der Waals surface area contributed by atoms with E-state index >= 15 is 0 Å². The van der Waals surface area contributed by atoms with E-state index in [1.807, 2.05) is 28.3 Å². The number of aromatic nitrogens is 4. The Kier molecular flexibility index (Phi) is 2.50. The molecule has 1 aliphatic rings. The van der Waals surface area contributed by atoms with Crippen molar-refractivity contribution in [3.63, 3.8) is 0 Å². The van der Waals surface area contributed by atoms with Crippen LogP contribution in [0.4, 0.5) is 11.5 Å². The number of hydrogen-bond acceptors (Lipinski definition) is 4. The maximum atomic E-state index is 5.51. The lowest BCUT2D eigenvalue weighted by Gasteiger charge is -2.20. The lowest BCUT2D eigenvalue weighted by atomic mass is 10.1. The highest BCUT2D eigenvalue weighted by Gasteiger charge is 2.31. The van der Waals surface area contributed by atoms with Crippen LogP contribution in [0, 0.1) is 13.8 Å². The van der Waals surface area contributed by atoms with Gasteiger partial charge in [0.25, 0.3) is 5.82 Å². The van der Waals surface area contributed by atoms with E-state index < -0.39 is 0 Å². The van der Waals surface area contributed by atoms with E-state index in [1.54, 1.807) is 13.4 Å². The number of hydrogen-bond donors (Lipinski definition) is 1. The number of halogens is 1. The van der Waals surface area contributed by atoms with Crippen molar-refractivity contribution in [1.82, 2.24) is 14.6 Å². The van der Waals surface area contributed by atoms with Crippen molar-refractivity contribution in [3.05, 3.63) is 34.3 Å². The highest BCUT2D eigenvalue weighted by molar-refractivity contribution is 9.10. The third-order valence-corrected chi connectivity index (χ3v) is 4.30. The molecule has 1 aliphatic heterocycles. The third kappa shape index (κ3) is 1.55. The molecule has 21 heavy (non-hydrogen) atoms. The highest BCUT2D eigenvalue weighted by atomic mass is 79.9. The zero-order valence-corrected chi connectivity index (χ0v) is 13.4. The Bertz CT molecular complexity index is 902.